The van der Waals surface area contributed by atoms with Crippen molar-refractivity contribution >= 4 is 29.3 Å². The van der Waals surface area contributed by atoms with E-state index in [0.717, 1.165) is 5.56 Å². The highest BCUT2D eigenvalue weighted by atomic mass is 35.5. The number of amides is 3. The molecule has 0 bridgehead atoms. The number of nitrogens with zero attached hydrogens (tertiary/aromatic N) is 4. The van der Waals surface area contributed by atoms with Crippen LogP contribution >= 0.6 is 11.6 Å². The molecule has 148 valence electrons. The summed E-state index contributed by atoms with van der Waals surface area (Å²) < 4.78 is 6.91. The van der Waals surface area contributed by atoms with Gasteiger partial charge in [-0.3, -0.25) is 0 Å². The van der Waals surface area contributed by atoms with E-state index in [1.165, 1.54) is 9.48 Å². The lowest BCUT2D eigenvalue weighted by atomic mass is 9.94. The van der Waals surface area contributed by atoms with Gasteiger partial charge in [0, 0.05) is 10.6 Å². The molecule has 1 aliphatic heterocycles. The molecule has 0 radical (unpaired) electrons. The smallest absolute Gasteiger partial charge is 0.335 e. The summed E-state index contributed by atoms with van der Waals surface area (Å²) in [7, 11) is 0. The van der Waals surface area contributed by atoms with Gasteiger partial charge in [0.25, 0.3) is 5.89 Å². The second-order valence-corrected chi connectivity index (χ2v) is 7.82. The Morgan fingerprint density at radius 1 is 1.28 bits per heavy atom. The maximum Gasteiger partial charge on any atom is 0.501 e. The van der Waals surface area contributed by atoms with Gasteiger partial charge in [-0.1, -0.05) is 61.0 Å². The molecular weight excluding hydrogens is 392 g/mol. The Labute approximate surface area is 173 Å². The maximum absolute atomic E-state index is 13.1. The molecule has 2 aromatic rings. The lowest BCUT2D eigenvalue weighted by Gasteiger charge is -2.27. The molecule has 1 unspecified atom stereocenters. The number of halogens is 1. The molecule has 2 aliphatic rings. The summed E-state index contributed by atoms with van der Waals surface area (Å²) in [5.41, 5.74) is 1.34. The molecule has 1 atom stereocenters. The number of carbonyl (C=O) groups excluding carboxylic acids is 2. The molecule has 0 saturated heterocycles. The predicted molar refractivity (Wildman–Crippen MR) is 107 cm³/mol. The Morgan fingerprint density at radius 3 is 2.86 bits per heavy atom. The van der Waals surface area contributed by atoms with Crippen molar-refractivity contribution in [3.63, 3.8) is 0 Å². The van der Waals surface area contributed by atoms with Crippen LogP contribution < -0.4 is 0 Å². The van der Waals surface area contributed by atoms with Crippen molar-refractivity contribution in [2.45, 2.75) is 20.4 Å². The first-order valence-electron chi connectivity index (χ1n) is 9.37. The van der Waals surface area contributed by atoms with Crippen LogP contribution in [0, 0.1) is 11.8 Å². The molecule has 29 heavy (non-hydrogen) atoms. The van der Waals surface area contributed by atoms with Crippen LogP contribution in [0.5, 0.6) is 0 Å². The van der Waals surface area contributed by atoms with Crippen LogP contribution in [0.4, 0.5) is 4.79 Å². The first-order valence-corrected chi connectivity index (χ1v) is 9.75. The summed E-state index contributed by atoms with van der Waals surface area (Å²) in [5, 5.41) is 4.57. The van der Waals surface area contributed by atoms with E-state index in [1.807, 2.05) is 32.1 Å². The summed E-state index contributed by atoms with van der Waals surface area (Å²) in [6, 6.07) is 6.76. The molecule has 0 spiro atoms. The van der Waals surface area contributed by atoms with Crippen molar-refractivity contribution in [2.75, 3.05) is 6.54 Å². The van der Waals surface area contributed by atoms with Crippen LogP contribution in [0.1, 0.15) is 19.7 Å². The minimum absolute atomic E-state index is 0.0816. The van der Waals surface area contributed by atoms with E-state index in [-0.39, 0.29) is 30.3 Å². The predicted octanol–water partition coefficient (Wildman–Crippen LogP) is 3.70. The zero-order chi connectivity index (χ0) is 20.5. The fourth-order valence-corrected chi connectivity index (χ4v) is 3.60. The number of aromatic nitrogens is 2. The molecule has 2 heterocycles. The van der Waals surface area contributed by atoms with Gasteiger partial charge in [0.15, 0.2) is 6.54 Å². The minimum atomic E-state index is -0.494. The quantitative estimate of drug-likeness (QED) is 0.701. The van der Waals surface area contributed by atoms with Crippen LogP contribution in [-0.4, -0.2) is 43.8 Å². The van der Waals surface area contributed by atoms with Gasteiger partial charge in [-0.15, -0.1) is 0 Å². The first kappa shape index (κ1) is 19.3. The molecule has 1 aromatic heterocycles. The van der Waals surface area contributed by atoms with E-state index in [0.29, 0.717) is 23.1 Å². The number of allylic oxidation sites excluding steroid dienone is 3. The molecule has 0 fully saturated rings. The van der Waals surface area contributed by atoms with E-state index < -0.39 is 5.92 Å². The third-order valence-electron chi connectivity index (χ3n) is 4.70. The van der Waals surface area contributed by atoms with Gasteiger partial charge in [-0.2, -0.15) is 19.3 Å². The Bertz CT molecular complexity index is 1070. The molecule has 8 heteroatoms. The van der Waals surface area contributed by atoms with Gasteiger partial charge in [0.2, 0.25) is 5.82 Å². The second kappa shape index (κ2) is 7.75. The normalized spacial score (nSPS) is 18.8. The summed E-state index contributed by atoms with van der Waals surface area (Å²) in [6.07, 6.45) is 7.21. The number of hydrogen-bond donors (Lipinski definition) is 0. The number of urea groups is 1. The monoisotopic (exact) mass is 411 g/mol. The van der Waals surface area contributed by atoms with E-state index >= 15 is 0 Å². The van der Waals surface area contributed by atoms with Crippen LogP contribution in [-0.2, 0) is 11.3 Å². The lowest BCUT2D eigenvalue weighted by Crippen LogP contribution is -2.55. The van der Waals surface area contributed by atoms with Crippen LogP contribution in [0.15, 0.2) is 53.1 Å². The van der Waals surface area contributed by atoms with Gasteiger partial charge in [-0.05, 0) is 24.1 Å². The highest BCUT2D eigenvalue weighted by Crippen LogP contribution is 2.23. The van der Waals surface area contributed by atoms with Gasteiger partial charge >= 0.3 is 11.9 Å². The topological polar surface area (TPSA) is 79.3 Å². The zero-order valence-electron chi connectivity index (χ0n) is 16.1. The first-order chi connectivity index (χ1) is 13.9. The molecule has 1 aliphatic carbocycles. The van der Waals surface area contributed by atoms with Crippen molar-refractivity contribution in [1.29, 1.82) is 0 Å². The number of fused-ring (bicyclic) bond motifs is 1. The number of hydrogen-bond acceptors (Lipinski definition) is 5. The third-order valence-corrected chi connectivity index (χ3v) is 4.93. The zero-order valence-corrected chi connectivity index (χ0v) is 16.8. The van der Waals surface area contributed by atoms with Crippen molar-refractivity contribution < 1.29 is 18.7 Å². The Hall–Kier alpha value is -3.06. The average Bonchev–Trinajstić information content (AvgIpc) is 3.17. The highest BCUT2D eigenvalue weighted by Gasteiger charge is 2.47. The minimum Gasteiger partial charge on any atom is -0.335 e. The molecule has 0 N–H and O–H groups in total. The van der Waals surface area contributed by atoms with Gasteiger partial charge in [-0.25, -0.2) is 4.79 Å². The Balaban J connectivity index is 1.67. The average molecular weight is 412 g/mol. The standard InChI is InChI=1S/C21H20ClN4O3/c1-13(2)11-26-20(27)16-8-3-4-9-17(16)25(21(26)28)12-18-23-19(24-29-18)14-6-5-7-15(22)10-14/h3-10,13,16H,11-12H2,1-2H3/q+1. The van der Waals surface area contributed by atoms with Gasteiger partial charge in [0.1, 0.15) is 11.6 Å². The van der Waals surface area contributed by atoms with Crippen LogP contribution in [0.3, 0.4) is 0 Å². The Kier molecular flexibility index (Phi) is 5.15. The van der Waals surface area contributed by atoms with E-state index in [2.05, 4.69) is 10.1 Å². The summed E-state index contributed by atoms with van der Waals surface area (Å²) in [5.74, 6) is 0.129. The molecule has 1 aromatic carbocycles. The summed E-state index contributed by atoms with van der Waals surface area (Å²) in [4.78, 5) is 31.6. The molecule has 0 saturated carbocycles. The van der Waals surface area contributed by atoms with Crippen molar-refractivity contribution in [3.05, 3.63) is 59.5 Å². The second-order valence-electron chi connectivity index (χ2n) is 7.38. The SMILES string of the molecule is CC(C)CN1C(=O)C2C=CC=CC2=[N+](Cc2nc(-c3cccc(Cl)c3)no2)C1=O. The van der Waals surface area contributed by atoms with Gasteiger partial charge in [0.05, 0.1) is 6.54 Å². The number of imide groups is 1. The van der Waals surface area contributed by atoms with Crippen molar-refractivity contribution in [1.82, 2.24) is 15.0 Å². The van der Waals surface area contributed by atoms with Gasteiger partial charge < -0.3 is 4.52 Å². The van der Waals surface area contributed by atoms with Crippen molar-refractivity contribution in [2.24, 2.45) is 11.8 Å². The fourth-order valence-electron chi connectivity index (χ4n) is 3.41. The lowest BCUT2D eigenvalue weighted by molar-refractivity contribution is -0.460. The maximum atomic E-state index is 13.1. The fraction of sp³-hybridized carbons (Fsp3) is 0.286. The van der Waals surface area contributed by atoms with E-state index in [9.17, 15) is 9.59 Å². The molecule has 7 nitrogen and oxygen atoms in total. The van der Waals surface area contributed by atoms with Crippen molar-refractivity contribution in [3.8, 4) is 11.4 Å². The molecular formula is C21H20ClN4O3+. The molecule has 4 rings (SSSR count). The number of rotatable bonds is 5. The summed E-state index contributed by atoms with van der Waals surface area (Å²) >= 11 is 6.03. The third kappa shape index (κ3) is 3.78. The van der Waals surface area contributed by atoms with Crippen LogP contribution in [0.25, 0.3) is 11.4 Å². The largest absolute Gasteiger partial charge is 0.501 e. The van der Waals surface area contributed by atoms with E-state index in [1.54, 1.807) is 30.4 Å². The number of benzene rings is 1. The summed E-state index contributed by atoms with van der Waals surface area (Å²) in [6.45, 7) is 4.37. The Morgan fingerprint density at radius 2 is 2.10 bits per heavy atom. The molecule has 3 amide bonds. The highest BCUT2D eigenvalue weighted by molar-refractivity contribution is 6.30. The number of carbonyl (C=O) groups is 2. The van der Waals surface area contributed by atoms with Crippen LogP contribution in [0.2, 0.25) is 5.02 Å². The van der Waals surface area contributed by atoms with E-state index in [4.69, 9.17) is 16.1 Å².